The molecule has 1 fully saturated rings. The van der Waals surface area contributed by atoms with Crippen LogP contribution in [0.1, 0.15) is 31.4 Å². The Balaban J connectivity index is 2.15. The van der Waals surface area contributed by atoms with Crippen molar-refractivity contribution < 1.29 is 9.90 Å². The fourth-order valence-electron chi connectivity index (χ4n) is 2.72. The quantitative estimate of drug-likeness (QED) is 0.860. The van der Waals surface area contributed by atoms with Crippen LogP contribution < -0.4 is 0 Å². The van der Waals surface area contributed by atoms with Gasteiger partial charge in [-0.05, 0) is 25.0 Å². The highest BCUT2D eigenvalue weighted by atomic mass is 16.4. The van der Waals surface area contributed by atoms with Crippen LogP contribution >= 0.6 is 0 Å². The molecule has 1 aliphatic carbocycles. The highest BCUT2D eigenvalue weighted by Gasteiger charge is 2.44. The maximum atomic E-state index is 11.6. The summed E-state index contributed by atoms with van der Waals surface area (Å²) in [5.74, 6) is -0.738. The van der Waals surface area contributed by atoms with E-state index < -0.39 is 11.4 Å². The third kappa shape index (κ3) is 1.44. The number of carboxylic acids is 1. The lowest BCUT2D eigenvalue weighted by molar-refractivity contribution is -0.143. The molecule has 0 saturated heterocycles. The molecule has 0 radical (unpaired) electrons. The SMILES string of the molecule is O=C(O)C1(c2cn3ccccc3n2)CCCC1. The molecule has 4 heteroatoms. The molecule has 1 N–H and O–H groups in total. The summed E-state index contributed by atoms with van der Waals surface area (Å²) in [6.45, 7) is 0. The molecule has 0 aliphatic heterocycles. The van der Waals surface area contributed by atoms with Crippen molar-refractivity contribution in [2.24, 2.45) is 0 Å². The number of aliphatic carboxylic acids is 1. The summed E-state index contributed by atoms with van der Waals surface area (Å²) in [7, 11) is 0. The lowest BCUT2D eigenvalue weighted by Gasteiger charge is -2.20. The Bertz CT molecular complexity index is 535. The van der Waals surface area contributed by atoms with Gasteiger partial charge in [0.05, 0.1) is 5.69 Å². The first kappa shape index (κ1) is 10.3. The number of carboxylic acid groups (broad SMARTS) is 1. The summed E-state index contributed by atoms with van der Waals surface area (Å²) < 4.78 is 1.89. The van der Waals surface area contributed by atoms with E-state index in [9.17, 15) is 9.90 Å². The van der Waals surface area contributed by atoms with Crippen molar-refractivity contribution in [1.29, 1.82) is 0 Å². The molecule has 1 saturated carbocycles. The molecule has 0 aromatic carbocycles. The fourth-order valence-corrected chi connectivity index (χ4v) is 2.72. The van der Waals surface area contributed by atoms with E-state index in [1.807, 2.05) is 35.0 Å². The van der Waals surface area contributed by atoms with Crippen molar-refractivity contribution in [3.05, 3.63) is 36.3 Å². The van der Waals surface area contributed by atoms with Crippen LogP contribution in [0.25, 0.3) is 5.65 Å². The summed E-state index contributed by atoms with van der Waals surface area (Å²) in [4.78, 5) is 16.0. The van der Waals surface area contributed by atoms with Gasteiger partial charge in [-0.15, -0.1) is 0 Å². The van der Waals surface area contributed by atoms with E-state index in [-0.39, 0.29) is 0 Å². The van der Waals surface area contributed by atoms with Crippen molar-refractivity contribution >= 4 is 11.6 Å². The van der Waals surface area contributed by atoms with E-state index in [0.29, 0.717) is 18.5 Å². The highest BCUT2D eigenvalue weighted by Crippen LogP contribution is 2.40. The summed E-state index contributed by atoms with van der Waals surface area (Å²) >= 11 is 0. The predicted molar refractivity (Wildman–Crippen MR) is 63.0 cm³/mol. The second-order valence-corrected chi connectivity index (χ2v) is 4.69. The van der Waals surface area contributed by atoms with Crippen LogP contribution in [-0.4, -0.2) is 20.5 Å². The number of imidazole rings is 1. The van der Waals surface area contributed by atoms with Gasteiger partial charge in [-0.3, -0.25) is 4.79 Å². The van der Waals surface area contributed by atoms with Gasteiger partial charge in [0, 0.05) is 12.4 Å². The number of pyridine rings is 1. The van der Waals surface area contributed by atoms with E-state index in [4.69, 9.17) is 0 Å². The average molecular weight is 230 g/mol. The summed E-state index contributed by atoms with van der Waals surface area (Å²) in [6, 6.07) is 5.72. The van der Waals surface area contributed by atoms with Crippen molar-refractivity contribution in [2.75, 3.05) is 0 Å². The Kier molecular flexibility index (Phi) is 2.18. The largest absolute Gasteiger partial charge is 0.481 e. The highest BCUT2D eigenvalue weighted by molar-refractivity contribution is 5.81. The molecular weight excluding hydrogens is 216 g/mol. The normalized spacial score (nSPS) is 18.6. The number of carbonyl (C=O) groups is 1. The number of rotatable bonds is 2. The molecule has 4 nitrogen and oxygen atoms in total. The van der Waals surface area contributed by atoms with Crippen LogP contribution in [-0.2, 0) is 10.2 Å². The molecule has 0 amide bonds. The van der Waals surface area contributed by atoms with Crippen LogP contribution in [0.3, 0.4) is 0 Å². The summed E-state index contributed by atoms with van der Waals surface area (Å²) in [6.07, 6.45) is 7.10. The molecule has 17 heavy (non-hydrogen) atoms. The number of nitrogens with zero attached hydrogens (tertiary/aromatic N) is 2. The van der Waals surface area contributed by atoms with Gasteiger partial charge in [-0.1, -0.05) is 18.9 Å². The zero-order valence-corrected chi connectivity index (χ0v) is 9.47. The van der Waals surface area contributed by atoms with Crippen LogP contribution in [0.2, 0.25) is 0 Å². The minimum absolute atomic E-state index is 0.701. The molecule has 0 spiro atoms. The summed E-state index contributed by atoms with van der Waals surface area (Å²) in [5.41, 5.74) is 0.759. The first-order chi connectivity index (χ1) is 8.22. The fraction of sp³-hybridized carbons (Fsp3) is 0.385. The van der Waals surface area contributed by atoms with Crippen LogP contribution in [0.15, 0.2) is 30.6 Å². The minimum Gasteiger partial charge on any atom is -0.481 e. The Labute approximate surface area is 98.9 Å². The molecule has 2 heterocycles. The second-order valence-electron chi connectivity index (χ2n) is 4.69. The van der Waals surface area contributed by atoms with E-state index >= 15 is 0 Å². The standard InChI is InChI=1S/C13H14N2O2/c16-12(17)13(6-2-3-7-13)10-9-15-8-4-1-5-11(15)14-10/h1,4-5,8-9H,2-3,6-7H2,(H,16,17). The third-order valence-corrected chi connectivity index (χ3v) is 3.72. The van der Waals surface area contributed by atoms with Gasteiger partial charge in [0.25, 0.3) is 0 Å². The van der Waals surface area contributed by atoms with Gasteiger partial charge in [0.1, 0.15) is 11.1 Å². The first-order valence-corrected chi connectivity index (χ1v) is 5.90. The van der Waals surface area contributed by atoms with Crippen LogP contribution in [0, 0.1) is 0 Å². The number of fused-ring (bicyclic) bond motifs is 1. The molecule has 0 unspecified atom stereocenters. The smallest absolute Gasteiger partial charge is 0.315 e. The van der Waals surface area contributed by atoms with Crippen LogP contribution in [0.5, 0.6) is 0 Å². The van der Waals surface area contributed by atoms with Gasteiger partial charge in [0.15, 0.2) is 0 Å². The lowest BCUT2D eigenvalue weighted by atomic mass is 9.83. The Morgan fingerprint density at radius 3 is 2.76 bits per heavy atom. The predicted octanol–water partition coefficient (Wildman–Crippen LogP) is 2.23. The lowest BCUT2D eigenvalue weighted by Crippen LogP contribution is -2.32. The molecule has 3 rings (SSSR count). The Morgan fingerprint density at radius 1 is 1.35 bits per heavy atom. The van der Waals surface area contributed by atoms with E-state index in [1.54, 1.807) is 0 Å². The van der Waals surface area contributed by atoms with Gasteiger partial charge in [-0.25, -0.2) is 4.98 Å². The molecule has 0 bridgehead atoms. The topological polar surface area (TPSA) is 54.6 Å². The number of aromatic nitrogens is 2. The Morgan fingerprint density at radius 2 is 2.12 bits per heavy atom. The maximum Gasteiger partial charge on any atom is 0.315 e. The average Bonchev–Trinajstić information content (AvgIpc) is 2.96. The van der Waals surface area contributed by atoms with Crippen molar-refractivity contribution in [1.82, 2.24) is 9.38 Å². The molecular formula is C13H14N2O2. The zero-order valence-electron chi connectivity index (χ0n) is 9.47. The van der Waals surface area contributed by atoms with E-state index in [1.165, 1.54) is 0 Å². The van der Waals surface area contributed by atoms with Crippen LogP contribution in [0.4, 0.5) is 0 Å². The molecule has 0 atom stereocenters. The van der Waals surface area contributed by atoms with E-state index in [2.05, 4.69) is 4.98 Å². The number of hydrogen-bond acceptors (Lipinski definition) is 2. The van der Waals surface area contributed by atoms with E-state index in [0.717, 1.165) is 18.5 Å². The molecule has 2 aromatic rings. The monoisotopic (exact) mass is 230 g/mol. The second kappa shape index (κ2) is 3.58. The van der Waals surface area contributed by atoms with Crippen molar-refractivity contribution in [3.8, 4) is 0 Å². The van der Waals surface area contributed by atoms with Crippen molar-refractivity contribution in [3.63, 3.8) is 0 Å². The summed E-state index contributed by atoms with van der Waals surface area (Å²) in [5, 5.41) is 9.49. The maximum absolute atomic E-state index is 11.6. The molecule has 2 aromatic heterocycles. The zero-order chi connectivity index (χ0) is 11.9. The van der Waals surface area contributed by atoms with Gasteiger partial charge in [-0.2, -0.15) is 0 Å². The van der Waals surface area contributed by atoms with Gasteiger partial charge < -0.3 is 9.51 Å². The molecule has 88 valence electrons. The van der Waals surface area contributed by atoms with Gasteiger partial charge in [0.2, 0.25) is 0 Å². The minimum atomic E-state index is -0.758. The number of hydrogen-bond donors (Lipinski definition) is 1. The third-order valence-electron chi connectivity index (χ3n) is 3.72. The van der Waals surface area contributed by atoms with Crippen molar-refractivity contribution in [2.45, 2.75) is 31.1 Å². The molecule has 1 aliphatic rings. The van der Waals surface area contributed by atoms with Gasteiger partial charge >= 0.3 is 5.97 Å². The first-order valence-electron chi connectivity index (χ1n) is 5.90. The Hall–Kier alpha value is -1.84.